The van der Waals surface area contributed by atoms with Gasteiger partial charge >= 0.3 is 0 Å². The zero-order valence-corrected chi connectivity index (χ0v) is 11.3. The molecule has 0 spiro atoms. The van der Waals surface area contributed by atoms with Gasteiger partial charge in [0.15, 0.2) is 0 Å². The summed E-state index contributed by atoms with van der Waals surface area (Å²) in [7, 11) is 4.20. The second kappa shape index (κ2) is 4.69. The highest BCUT2D eigenvalue weighted by Crippen LogP contribution is 2.40. The van der Waals surface area contributed by atoms with Crippen molar-refractivity contribution in [3.63, 3.8) is 0 Å². The van der Waals surface area contributed by atoms with E-state index in [1.54, 1.807) is 0 Å². The number of benzene rings is 1. The molecule has 1 aromatic carbocycles. The molecule has 1 aromatic rings. The maximum Gasteiger partial charge on any atom is 0.0432 e. The topological polar surface area (TPSA) is 29.3 Å². The van der Waals surface area contributed by atoms with E-state index in [0.29, 0.717) is 0 Å². The van der Waals surface area contributed by atoms with Crippen LogP contribution in [0.3, 0.4) is 0 Å². The van der Waals surface area contributed by atoms with E-state index in [9.17, 15) is 0 Å². The lowest BCUT2D eigenvalue weighted by Crippen LogP contribution is -2.40. The van der Waals surface area contributed by atoms with Gasteiger partial charge in [0, 0.05) is 25.3 Å². The van der Waals surface area contributed by atoms with Crippen molar-refractivity contribution in [2.45, 2.75) is 44.6 Å². The van der Waals surface area contributed by atoms with Crippen LogP contribution in [-0.2, 0) is 5.54 Å². The summed E-state index contributed by atoms with van der Waals surface area (Å²) in [6.07, 6.45) is 6.11. The number of nitrogens with two attached hydrogens (primary N) is 1. The van der Waals surface area contributed by atoms with Crippen LogP contribution in [0.4, 0.5) is 5.69 Å². The number of hydrogen-bond acceptors (Lipinski definition) is 2. The van der Waals surface area contributed by atoms with E-state index in [1.807, 2.05) is 0 Å². The van der Waals surface area contributed by atoms with Gasteiger partial charge in [0.1, 0.15) is 0 Å². The van der Waals surface area contributed by atoms with Gasteiger partial charge in [-0.1, -0.05) is 31.4 Å². The fourth-order valence-corrected chi connectivity index (χ4v) is 3.11. The van der Waals surface area contributed by atoms with E-state index in [1.165, 1.54) is 36.1 Å². The van der Waals surface area contributed by atoms with Gasteiger partial charge in [-0.3, -0.25) is 0 Å². The highest BCUT2D eigenvalue weighted by Gasteiger charge is 2.33. The monoisotopic (exact) mass is 232 g/mol. The molecule has 0 unspecified atom stereocenters. The summed E-state index contributed by atoms with van der Waals surface area (Å²) in [5, 5.41) is 0. The molecule has 0 bridgehead atoms. The fraction of sp³-hybridized carbons (Fsp3) is 0.600. The Hall–Kier alpha value is -1.02. The standard InChI is InChI=1S/C15H24N2/c1-12-8-7-9-13(17(2)3)14(12)15(16)10-5-4-6-11-15/h7-9H,4-6,10-11,16H2,1-3H3. The lowest BCUT2D eigenvalue weighted by molar-refractivity contribution is 0.301. The van der Waals surface area contributed by atoms with Gasteiger partial charge in [-0.25, -0.2) is 0 Å². The maximum absolute atomic E-state index is 6.69. The number of hydrogen-bond donors (Lipinski definition) is 1. The molecule has 17 heavy (non-hydrogen) atoms. The van der Waals surface area contributed by atoms with Gasteiger partial charge in [-0.2, -0.15) is 0 Å². The molecular formula is C15H24N2. The van der Waals surface area contributed by atoms with Crippen molar-refractivity contribution in [2.24, 2.45) is 5.73 Å². The molecule has 1 saturated carbocycles. The van der Waals surface area contributed by atoms with Crippen LogP contribution in [0.25, 0.3) is 0 Å². The Labute approximate surface area is 105 Å². The molecule has 0 amide bonds. The Kier molecular flexibility index (Phi) is 3.43. The van der Waals surface area contributed by atoms with E-state index >= 15 is 0 Å². The lowest BCUT2D eigenvalue weighted by atomic mass is 9.75. The third kappa shape index (κ3) is 2.32. The molecule has 2 N–H and O–H groups in total. The quantitative estimate of drug-likeness (QED) is 0.848. The molecule has 1 aliphatic rings. The van der Waals surface area contributed by atoms with Crippen molar-refractivity contribution < 1.29 is 0 Å². The molecule has 2 nitrogen and oxygen atoms in total. The first-order valence-electron chi connectivity index (χ1n) is 6.61. The predicted molar refractivity (Wildman–Crippen MR) is 74.5 cm³/mol. The van der Waals surface area contributed by atoms with Crippen molar-refractivity contribution in [2.75, 3.05) is 19.0 Å². The average Bonchev–Trinajstić information content (AvgIpc) is 2.29. The maximum atomic E-state index is 6.69. The van der Waals surface area contributed by atoms with Crippen molar-refractivity contribution in [1.29, 1.82) is 0 Å². The molecule has 0 aliphatic heterocycles. The molecule has 2 heteroatoms. The first-order valence-corrected chi connectivity index (χ1v) is 6.61. The van der Waals surface area contributed by atoms with Gasteiger partial charge in [-0.15, -0.1) is 0 Å². The third-order valence-corrected chi connectivity index (χ3v) is 3.98. The molecule has 1 aliphatic carbocycles. The average molecular weight is 232 g/mol. The first-order chi connectivity index (χ1) is 8.04. The second-order valence-corrected chi connectivity index (χ2v) is 5.58. The minimum absolute atomic E-state index is 0.108. The van der Waals surface area contributed by atoms with E-state index in [0.717, 1.165) is 12.8 Å². The van der Waals surface area contributed by atoms with E-state index in [2.05, 4.69) is 44.1 Å². The Bertz CT molecular complexity index is 390. The summed E-state index contributed by atoms with van der Waals surface area (Å²) in [4.78, 5) is 2.19. The summed E-state index contributed by atoms with van der Waals surface area (Å²) < 4.78 is 0. The number of nitrogens with zero attached hydrogens (tertiary/aromatic N) is 1. The van der Waals surface area contributed by atoms with Crippen molar-refractivity contribution in [3.8, 4) is 0 Å². The molecule has 0 aromatic heterocycles. The second-order valence-electron chi connectivity index (χ2n) is 5.58. The minimum atomic E-state index is -0.108. The molecule has 1 fully saturated rings. The van der Waals surface area contributed by atoms with Crippen LogP contribution in [0, 0.1) is 6.92 Å². The third-order valence-electron chi connectivity index (χ3n) is 3.98. The van der Waals surface area contributed by atoms with E-state index in [-0.39, 0.29) is 5.54 Å². The number of rotatable bonds is 2. The summed E-state index contributed by atoms with van der Waals surface area (Å²) in [5.41, 5.74) is 10.6. The van der Waals surface area contributed by atoms with Gasteiger partial charge in [0.25, 0.3) is 0 Å². The van der Waals surface area contributed by atoms with Crippen LogP contribution in [0.1, 0.15) is 43.2 Å². The Balaban J connectivity index is 2.48. The molecule has 0 atom stereocenters. The van der Waals surface area contributed by atoms with Crippen LogP contribution < -0.4 is 10.6 Å². The SMILES string of the molecule is Cc1cccc(N(C)C)c1C1(N)CCCCC1. The van der Waals surface area contributed by atoms with Crippen molar-refractivity contribution in [1.82, 2.24) is 0 Å². The lowest BCUT2D eigenvalue weighted by Gasteiger charge is -2.37. The Morgan fingerprint density at radius 3 is 2.35 bits per heavy atom. The van der Waals surface area contributed by atoms with Gasteiger partial charge in [0.2, 0.25) is 0 Å². The fourth-order valence-electron chi connectivity index (χ4n) is 3.11. The van der Waals surface area contributed by atoms with Crippen molar-refractivity contribution >= 4 is 5.69 Å². The van der Waals surface area contributed by atoms with Crippen molar-refractivity contribution in [3.05, 3.63) is 29.3 Å². The zero-order chi connectivity index (χ0) is 12.5. The zero-order valence-electron chi connectivity index (χ0n) is 11.3. The summed E-state index contributed by atoms with van der Waals surface area (Å²) in [6, 6.07) is 6.50. The van der Waals surface area contributed by atoms with Crippen LogP contribution in [0.5, 0.6) is 0 Å². The van der Waals surface area contributed by atoms with E-state index in [4.69, 9.17) is 5.73 Å². The molecule has 94 valence electrons. The highest BCUT2D eigenvalue weighted by atomic mass is 15.1. The normalized spacial score (nSPS) is 19.1. The Morgan fingerprint density at radius 2 is 1.76 bits per heavy atom. The van der Waals surface area contributed by atoms with Crippen LogP contribution >= 0.6 is 0 Å². The highest BCUT2D eigenvalue weighted by molar-refractivity contribution is 5.59. The van der Waals surface area contributed by atoms with Gasteiger partial charge in [-0.05, 0) is 37.0 Å². The smallest absolute Gasteiger partial charge is 0.0432 e. The van der Waals surface area contributed by atoms with Gasteiger partial charge < -0.3 is 10.6 Å². The summed E-state index contributed by atoms with van der Waals surface area (Å²) >= 11 is 0. The molecule has 0 radical (unpaired) electrons. The first kappa shape index (κ1) is 12.4. The van der Waals surface area contributed by atoms with E-state index < -0.39 is 0 Å². The van der Waals surface area contributed by atoms with Crippen LogP contribution in [0.15, 0.2) is 18.2 Å². The predicted octanol–water partition coefficient (Wildman–Crippen LogP) is 3.18. The number of aryl methyl sites for hydroxylation is 1. The molecular weight excluding hydrogens is 208 g/mol. The molecule has 0 saturated heterocycles. The Morgan fingerprint density at radius 1 is 1.12 bits per heavy atom. The summed E-state index contributed by atoms with van der Waals surface area (Å²) in [6.45, 7) is 2.19. The summed E-state index contributed by atoms with van der Waals surface area (Å²) in [5.74, 6) is 0. The molecule has 2 rings (SSSR count). The van der Waals surface area contributed by atoms with Crippen LogP contribution in [-0.4, -0.2) is 14.1 Å². The molecule has 0 heterocycles. The number of anilines is 1. The van der Waals surface area contributed by atoms with Gasteiger partial charge in [0.05, 0.1) is 0 Å². The largest absolute Gasteiger partial charge is 0.377 e. The minimum Gasteiger partial charge on any atom is -0.377 e. The van der Waals surface area contributed by atoms with Crippen LogP contribution in [0.2, 0.25) is 0 Å².